The number of benzene rings is 1. The first kappa shape index (κ1) is 21.1. The van der Waals surface area contributed by atoms with Gasteiger partial charge in [-0.15, -0.1) is 11.6 Å². The minimum atomic E-state index is -4.58. The Bertz CT molecular complexity index is 747. The molecule has 1 aromatic carbocycles. The van der Waals surface area contributed by atoms with Crippen LogP contribution in [0.25, 0.3) is 0 Å². The second kappa shape index (κ2) is 9.14. The summed E-state index contributed by atoms with van der Waals surface area (Å²) in [5, 5.41) is 11.7. The molecule has 1 aliphatic carbocycles. The molecule has 0 heterocycles. The largest absolute Gasteiger partial charge is 0.507 e. The minimum Gasteiger partial charge on any atom is -0.507 e. The van der Waals surface area contributed by atoms with E-state index in [0.29, 0.717) is 6.61 Å². The number of aliphatic hydroxyl groups excluding tert-OH is 1. The summed E-state index contributed by atoms with van der Waals surface area (Å²) >= 11 is 5.94. The van der Waals surface area contributed by atoms with E-state index in [1.165, 1.54) is 12.2 Å². The molecule has 2 rings (SSSR count). The van der Waals surface area contributed by atoms with E-state index >= 15 is 0 Å². The van der Waals surface area contributed by atoms with Gasteiger partial charge in [-0.2, -0.15) is 13.2 Å². The van der Waals surface area contributed by atoms with Crippen LogP contribution in [-0.2, 0) is 15.7 Å². The third kappa shape index (κ3) is 5.90. The van der Waals surface area contributed by atoms with Crippen LogP contribution in [0.4, 0.5) is 18.9 Å². The van der Waals surface area contributed by atoms with Crippen molar-refractivity contribution in [2.75, 3.05) is 25.1 Å². The molecule has 2 N–H and O–H groups in total. The molecule has 0 fully saturated rings. The molecule has 1 unspecified atom stereocenters. The molecule has 148 valence electrons. The number of ether oxygens (including phenoxy) is 2. The van der Waals surface area contributed by atoms with Crippen LogP contribution >= 0.6 is 11.6 Å². The molecule has 0 aromatic heterocycles. The zero-order valence-electron chi connectivity index (χ0n) is 14.5. The van der Waals surface area contributed by atoms with Crippen molar-refractivity contribution in [3.63, 3.8) is 0 Å². The number of alkyl halides is 4. The average Bonchev–Trinajstić information content (AvgIpc) is 2.60. The van der Waals surface area contributed by atoms with Gasteiger partial charge in [0.15, 0.2) is 0 Å². The standard InChI is InChI=1S/C18H19ClF3NO4/c1-2-26-7-8-27-16-6-3-11(18(20,21)22)9-14(16)23-17(25)13-10-12(19)4-5-15(13)24/h3-6,9,12,24H,2,7-8,10H2,1H3,(H,23,25). The Hall–Kier alpha value is -2.19. The second-order valence-electron chi connectivity index (χ2n) is 5.65. The van der Waals surface area contributed by atoms with E-state index in [1.807, 2.05) is 0 Å². The molecule has 1 atom stereocenters. The van der Waals surface area contributed by atoms with Gasteiger partial charge >= 0.3 is 6.18 Å². The zero-order valence-corrected chi connectivity index (χ0v) is 15.2. The Morgan fingerprint density at radius 3 is 2.78 bits per heavy atom. The Kier molecular flexibility index (Phi) is 7.15. The number of carbonyl (C=O) groups excluding carboxylic acids is 1. The quantitative estimate of drug-likeness (QED) is 0.520. The molecule has 1 amide bonds. The van der Waals surface area contributed by atoms with Crippen molar-refractivity contribution in [3.8, 4) is 5.75 Å². The fraction of sp³-hybridized carbons (Fsp3) is 0.389. The van der Waals surface area contributed by atoms with Gasteiger partial charge in [0.05, 0.1) is 28.8 Å². The van der Waals surface area contributed by atoms with E-state index in [1.54, 1.807) is 6.92 Å². The fourth-order valence-corrected chi connectivity index (χ4v) is 2.58. The topological polar surface area (TPSA) is 67.8 Å². The van der Waals surface area contributed by atoms with Crippen LogP contribution in [0, 0.1) is 0 Å². The summed E-state index contributed by atoms with van der Waals surface area (Å²) in [4.78, 5) is 12.4. The first-order chi connectivity index (χ1) is 12.7. The normalized spacial score (nSPS) is 17.1. The van der Waals surface area contributed by atoms with Gasteiger partial charge in [0, 0.05) is 13.0 Å². The summed E-state index contributed by atoms with van der Waals surface area (Å²) in [6.45, 7) is 2.62. The van der Waals surface area contributed by atoms with Gasteiger partial charge in [0.2, 0.25) is 0 Å². The van der Waals surface area contributed by atoms with E-state index in [-0.39, 0.29) is 42.4 Å². The van der Waals surface area contributed by atoms with Crippen molar-refractivity contribution < 1.29 is 32.5 Å². The van der Waals surface area contributed by atoms with E-state index in [0.717, 1.165) is 18.2 Å². The van der Waals surface area contributed by atoms with Gasteiger partial charge in [-0.1, -0.05) is 6.08 Å². The molecule has 9 heteroatoms. The zero-order chi connectivity index (χ0) is 20.0. The number of carbonyl (C=O) groups is 1. The van der Waals surface area contributed by atoms with Crippen molar-refractivity contribution in [3.05, 3.63) is 47.2 Å². The number of allylic oxidation sites excluding steroid dienone is 2. The van der Waals surface area contributed by atoms with Gasteiger partial charge < -0.3 is 19.9 Å². The second-order valence-corrected chi connectivity index (χ2v) is 6.21. The van der Waals surface area contributed by atoms with Crippen LogP contribution in [-0.4, -0.2) is 36.2 Å². The predicted octanol–water partition coefficient (Wildman–Crippen LogP) is 4.44. The van der Waals surface area contributed by atoms with Crippen molar-refractivity contribution in [1.82, 2.24) is 0 Å². The molecule has 0 spiro atoms. The van der Waals surface area contributed by atoms with Gasteiger partial charge in [0.25, 0.3) is 5.91 Å². The highest BCUT2D eigenvalue weighted by molar-refractivity contribution is 6.22. The molecule has 0 radical (unpaired) electrons. The molecule has 0 aliphatic heterocycles. The highest BCUT2D eigenvalue weighted by Gasteiger charge is 2.32. The molecule has 1 aliphatic rings. The summed E-state index contributed by atoms with van der Waals surface area (Å²) in [7, 11) is 0. The molecule has 0 saturated heterocycles. The number of anilines is 1. The maximum atomic E-state index is 13.0. The van der Waals surface area contributed by atoms with E-state index in [9.17, 15) is 23.1 Å². The highest BCUT2D eigenvalue weighted by atomic mass is 35.5. The predicted molar refractivity (Wildman–Crippen MR) is 95.1 cm³/mol. The van der Waals surface area contributed by atoms with Crippen LogP contribution in [0.1, 0.15) is 18.9 Å². The van der Waals surface area contributed by atoms with Gasteiger partial charge in [0.1, 0.15) is 18.1 Å². The number of hydrogen-bond acceptors (Lipinski definition) is 4. The first-order valence-corrected chi connectivity index (χ1v) is 8.63. The summed E-state index contributed by atoms with van der Waals surface area (Å²) in [5.41, 5.74) is -1.12. The maximum Gasteiger partial charge on any atom is 0.416 e. The number of hydrogen-bond donors (Lipinski definition) is 2. The third-order valence-corrected chi connectivity index (χ3v) is 3.99. The van der Waals surface area contributed by atoms with Gasteiger partial charge in [-0.3, -0.25) is 4.79 Å². The Balaban J connectivity index is 2.25. The van der Waals surface area contributed by atoms with Crippen molar-refractivity contribution in [2.45, 2.75) is 24.9 Å². The van der Waals surface area contributed by atoms with Crippen LogP contribution in [0.3, 0.4) is 0 Å². The monoisotopic (exact) mass is 405 g/mol. The number of amides is 1. The van der Waals surface area contributed by atoms with Crippen molar-refractivity contribution in [2.24, 2.45) is 0 Å². The minimum absolute atomic E-state index is 0.0184. The van der Waals surface area contributed by atoms with Crippen molar-refractivity contribution in [1.29, 1.82) is 0 Å². The lowest BCUT2D eigenvalue weighted by Crippen LogP contribution is -2.21. The van der Waals surface area contributed by atoms with E-state index < -0.39 is 23.0 Å². The molecule has 1 aromatic rings. The Morgan fingerprint density at radius 2 is 2.11 bits per heavy atom. The SMILES string of the molecule is CCOCCOc1ccc(C(F)(F)F)cc1NC(=O)C1=C(O)C=CC(Cl)C1. The van der Waals surface area contributed by atoms with Crippen LogP contribution in [0.5, 0.6) is 5.75 Å². The molecule has 27 heavy (non-hydrogen) atoms. The number of nitrogens with one attached hydrogen (secondary N) is 1. The molecule has 0 saturated carbocycles. The number of aliphatic hydroxyl groups is 1. The third-order valence-electron chi connectivity index (χ3n) is 3.69. The summed E-state index contributed by atoms with van der Waals surface area (Å²) in [6.07, 6.45) is -1.74. The summed E-state index contributed by atoms with van der Waals surface area (Å²) < 4.78 is 49.6. The molecule has 0 bridgehead atoms. The summed E-state index contributed by atoms with van der Waals surface area (Å²) in [6, 6.07) is 2.77. The van der Waals surface area contributed by atoms with Crippen LogP contribution < -0.4 is 10.1 Å². The smallest absolute Gasteiger partial charge is 0.416 e. The van der Waals surface area contributed by atoms with Crippen LogP contribution in [0.15, 0.2) is 41.7 Å². The average molecular weight is 406 g/mol. The Labute approximate surface area is 159 Å². The number of rotatable bonds is 7. The highest BCUT2D eigenvalue weighted by Crippen LogP contribution is 2.35. The first-order valence-electron chi connectivity index (χ1n) is 8.20. The van der Waals surface area contributed by atoms with Crippen molar-refractivity contribution >= 4 is 23.2 Å². The molecule has 5 nitrogen and oxygen atoms in total. The van der Waals surface area contributed by atoms with Gasteiger partial charge in [-0.25, -0.2) is 0 Å². The molecular weight excluding hydrogens is 387 g/mol. The molecular formula is C18H19ClF3NO4. The van der Waals surface area contributed by atoms with Crippen LogP contribution in [0.2, 0.25) is 0 Å². The van der Waals surface area contributed by atoms with E-state index in [2.05, 4.69) is 5.32 Å². The lowest BCUT2D eigenvalue weighted by Gasteiger charge is -2.18. The summed E-state index contributed by atoms with van der Waals surface area (Å²) in [5.74, 6) is -0.975. The Morgan fingerprint density at radius 1 is 1.37 bits per heavy atom. The maximum absolute atomic E-state index is 13.0. The lowest BCUT2D eigenvalue weighted by molar-refractivity contribution is -0.137. The fourth-order valence-electron chi connectivity index (χ4n) is 2.36. The number of halogens is 4. The van der Waals surface area contributed by atoms with Gasteiger partial charge in [-0.05, 0) is 31.2 Å². The lowest BCUT2D eigenvalue weighted by atomic mass is 10.0. The van der Waals surface area contributed by atoms with E-state index in [4.69, 9.17) is 21.1 Å².